The van der Waals surface area contributed by atoms with Gasteiger partial charge in [-0.05, 0) is 36.8 Å². The summed E-state index contributed by atoms with van der Waals surface area (Å²) in [6.07, 6.45) is 1.20. The van der Waals surface area contributed by atoms with Gasteiger partial charge in [-0.2, -0.15) is 0 Å². The summed E-state index contributed by atoms with van der Waals surface area (Å²) >= 11 is 0. The molecule has 0 amide bonds. The lowest BCUT2D eigenvalue weighted by molar-refractivity contribution is -0.671. The van der Waals surface area contributed by atoms with Crippen molar-refractivity contribution < 1.29 is 14.1 Å². The van der Waals surface area contributed by atoms with E-state index in [-0.39, 0.29) is 5.69 Å². The Balaban J connectivity index is 2.79. The number of nitro groups is 1. The molecule has 7 nitrogen and oxygen atoms in total. The van der Waals surface area contributed by atoms with E-state index < -0.39 is 10.5 Å². The summed E-state index contributed by atoms with van der Waals surface area (Å²) in [5, 5.41) is 13.4. The van der Waals surface area contributed by atoms with Crippen LogP contribution >= 0.6 is 0 Å². The molecule has 1 heterocycles. The third kappa shape index (κ3) is 1.79. The largest absolute Gasteiger partial charge is 0.427 e. The number of hydrogen-bond acceptors (Lipinski definition) is 4. The van der Waals surface area contributed by atoms with Crippen LogP contribution in [0, 0.1) is 30.9 Å². The van der Waals surface area contributed by atoms with Gasteiger partial charge in [0.15, 0.2) is 0 Å². The maximum Gasteiger partial charge on any atom is 0.427 e. The van der Waals surface area contributed by atoms with Gasteiger partial charge >= 0.3 is 5.63 Å². The highest BCUT2D eigenvalue weighted by Gasteiger charge is 2.27. The zero-order chi connectivity index (χ0) is 13.4. The third-order valence-corrected chi connectivity index (χ3v) is 2.79. The van der Waals surface area contributed by atoms with Gasteiger partial charge in [0.05, 0.1) is 4.92 Å². The van der Waals surface area contributed by atoms with Gasteiger partial charge in [-0.25, -0.2) is 4.79 Å². The average molecular weight is 250 g/mol. The van der Waals surface area contributed by atoms with Crippen LogP contribution in [-0.4, -0.2) is 10.2 Å². The van der Waals surface area contributed by atoms with E-state index in [2.05, 4.69) is 9.79 Å². The average Bonchev–Trinajstić information content (AvgIpc) is 2.63. The zero-order valence-electron chi connectivity index (χ0n) is 10.2. The third-order valence-electron chi connectivity index (χ3n) is 2.79. The Morgan fingerprint density at radius 3 is 2.50 bits per heavy atom. The van der Waals surface area contributed by atoms with E-state index in [1.807, 2.05) is 6.92 Å². The lowest BCUT2D eigenvalue weighted by Gasteiger charge is -2.05. The van der Waals surface area contributed by atoms with Crippen LogP contribution in [-0.2, 0) is 0 Å². The first-order valence-electron chi connectivity index (χ1n) is 5.27. The second-order valence-electron chi connectivity index (χ2n) is 4.10. The highest BCUT2D eigenvalue weighted by molar-refractivity contribution is 5.57. The van der Waals surface area contributed by atoms with Gasteiger partial charge < -0.3 is 0 Å². The molecule has 0 aliphatic rings. The fraction of sp³-hybridized carbons (Fsp3) is 0.273. The quantitative estimate of drug-likeness (QED) is 0.490. The lowest BCUT2D eigenvalue weighted by atomic mass is 10.0. The number of aromatic amines is 1. The van der Waals surface area contributed by atoms with Crippen molar-refractivity contribution in [1.82, 2.24) is 5.27 Å². The molecule has 0 saturated heterocycles. The molecule has 0 bridgehead atoms. The minimum Gasteiger partial charge on any atom is -0.283 e. The summed E-state index contributed by atoms with van der Waals surface area (Å²) in [7, 11) is 0. The number of hydrogen-bond donors (Lipinski definition) is 1. The molecule has 0 aliphatic heterocycles. The van der Waals surface area contributed by atoms with Crippen LogP contribution in [0.2, 0.25) is 0 Å². The van der Waals surface area contributed by atoms with E-state index in [4.69, 9.17) is 0 Å². The van der Waals surface area contributed by atoms with Crippen LogP contribution in [0.4, 0.5) is 5.69 Å². The first kappa shape index (κ1) is 12.0. The van der Waals surface area contributed by atoms with Gasteiger partial charge in [-0.1, -0.05) is 0 Å². The number of H-pyrrole nitrogens is 1. The minimum atomic E-state index is -0.544. The fourth-order valence-electron chi connectivity index (χ4n) is 2.18. The van der Waals surface area contributed by atoms with Crippen molar-refractivity contribution in [3.05, 3.63) is 49.5 Å². The summed E-state index contributed by atoms with van der Waals surface area (Å²) < 4.78 is 5.92. The molecule has 2 aromatic rings. The van der Waals surface area contributed by atoms with Crippen molar-refractivity contribution in [1.29, 1.82) is 0 Å². The molecular formula is C11H12N3O4+. The molecule has 1 aromatic carbocycles. The monoisotopic (exact) mass is 250 g/mol. The zero-order valence-corrected chi connectivity index (χ0v) is 10.2. The molecule has 0 radical (unpaired) electrons. The molecule has 2 rings (SSSR count). The molecule has 0 unspecified atom stereocenters. The fourth-order valence-corrected chi connectivity index (χ4v) is 2.18. The number of aryl methyl sites for hydroxylation is 2. The Morgan fingerprint density at radius 1 is 1.33 bits per heavy atom. The molecule has 1 N–H and O–H groups in total. The van der Waals surface area contributed by atoms with Crippen molar-refractivity contribution in [2.24, 2.45) is 0 Å². The summed E-state index contributed by atoms with van der Waals surface area (Å²) in [6.45, 7) is 5.15. The Morgan fingerprint density at radius 2 is 2.00 bits per heavy atom. The molecule has 0 fully saturated rings. The summed E-state index contributed by atoms with van der Waals surface area (Å²) in [5.74, 6) is 0. The number of nitro benzene ring substituents is 1. The topological polar surface area (TPSA) is 93.0 Å². The van der Waals surface area contributed by atoms with E-state index in [1.54, 1.807) is 19.9 Å². The minimum absolute atomic E-state index is 0.0464. The van der Waals surface area contributed by atoms with Crippen LogP contribution < -0.4 is 10.3 Å². The molecule has 18 heavy (non-hydrogen) atoms. The van der Waals surface area contributed by atoms with E-state index in [1.165, 1.54) is 10.9 Å². The number of benzene rings is 1. The van der Waals surface area contributed by atoms with Gasteiger partial charge in [0, 0.05) is 11.1 Å². The summed E-state index contributed by atoms with van der Waals surface area (Å²) in [4.78, 5) is 21.6. The number of nitrogens with one attached hydrogen (secondary N) is 1. The summed E-state index contributed by atoms with van der Waals surface area (Å²) in [5.41, 5.74) is 1.95. The van der Waals surface area contributed by atoms with E-state index in [9.17, 15) is 14.9 Å². The normalized spacial score (nSPS) is 10.6. The van der Waals surface area contributed by atoms with Crippen molar-refractivity contribution in [2.45, 2.75) is 20.8 Å². The van der Waals surface area contributed by atoms with Crippen LogP contribution in [0.15, 0.2) is 21.6 Å². The Kier molecular flexibility index (Phi) is 2.74. The predicted molar refractivity (Wildman–Crippen MR) is 61.7 cm³/mol. The van der Waals surface area contributed by atoms with E-state index in [0.29, 0.717) is 16.8 Å². The SMILES string of the molecule is Cc1cc(C)c(-[n+]2cc(=O)o[nH]2)c(C)c1[N+](=O)[O-]. The van der Waals surface area contributed by atoms with Gasteiger partial charge in [0.1, 0.15) is 5.56 Å². The summed E-state index contributed by atoms with van der Waals surface area (Å²) in [6, 6.07) is 1.71. The molecule has 0 aliphatic carbocycles. The molecule has 7 heteroatoms. The maximum absolute atomic E-state index is 11.0. The van der Waals surface area contributed by atoms with E-state index >= 15 is 0 Å². The van der Waals surface area contributed by atoms with Crippen LogP contribution in [0.1, 0.15) is 16.7 Å². The Hall–Kier alpha value is -2.44. The highest BCUT2D eigenvalue weighted by Crippen LogP contribution is 2.28. The Bertz CT molecular complexity index is 684. The highest BCUT2D eigenvalue weighted by atomic mass is 16.6. The van der Waals surface area contributed by atoms with Crippen LogP contribution in [0.5, 0.6) is 0 Å². The van der Waals surface area contributed by atoms with Gasteiger partial charge in [0.2, 0.25) is 0 Å². The van der Waals surface area contributed by atoms with Crippen LogP contribution in [0.3, 0.4) is 0 Å². The second-order valence-corrected chi connectivity index (χ2v) is 4.10. The van der Waals surface area contributed by atoms with E-state index in [0.717, 1.165) is 5.56 Å². The standard InChI is InChI=1S/C11H11N3O4/c1-6-4-7(2)11(14(16)17)8(3)10(6)13-5-9(15)18-12-13/h4-5H,1-3H3/p+1. The van der Waals surface area contributed by atoms with Gasteiger partial charge in [-0.3, -0.25) is 14.6 Å². The van der Waals surface area contributed by atoms with Crippen molar-refractivity contribution >= 4 is 5.69 Å². The second kappa shape index (κ2) is 4.10. The Labute approximate surface area is 102 Å². The molecule has 0 atom stereocenters. The first-order valence-corrected chi connectivity index (χ1v) is 5.27. The number of aromatic nitrogens is 2. The van der Waals surface area contributed by atoms with Crippen molar-refractivity contribution in [3.63, 3.8) is 0 Å². The van der Waals surface area contributed by atoms with Crippen molar-refractivity contribution in [3.8, 4) is 5.69 Å². The predicted octanol–water partition coefficient (Wildman–Crippen LogP) is 1.08. The maximum atomic E-state index is 11.0. The first-order chi connectivity index (χ1) is 8.41. The molecule has 1 aromatic heterocycles. The van der Waals surface area contributed by atoms with Gasteiger partial charge in [0.25, 0.3) is 17.6 Å². The molecular weight excluding hydrogens is 238 g/mol. The molecule has 0 spiro atoms. The lowest BCUT2D eigenvalue weighted by Crippen LogP contribution is -2.34. The van der Waals surface area contributed by atoms with Crippen LogP contribution in [0.25, 0.3) is 5.69 Å². The number of rotatable bonds is 2. The smallest absolute Gasteiger partial charge is 0.283 e. The van der Waals surface area contributed by atoms with Crippen molar-refractivity contribution in [2.75, 3.05) is 0 Å². The van der Waals surface area contributed by atoms with Gasteiger partial charge in [-0.15, -0.1) is 0 Å². The molecule has 0 saturated carbocycles. The number of nitrogens with zero attached hydrogens (tertiary/aromatic N) is 2. The molecule has 94 valence electrons.